The van der Waals surface area contributed by atoms with Crippen molar-refractivity contribution >= 4 is 29.3 Å². The van der Waals surface area contributed by atoms with Gasteiger partial charge < -0.3 is 20.3 Å². The molecule has 2 amide bonds. The summed E-state index contributed by atoms with van der Waals surface area (Å²) in [6, 6.07) is 7.36. The number of nitrogens with one attached hydrogen (secondary N) is 3. The SMILES string of the molecule is CCOc1ccccc1NC(=O)C1CC(=O)Nc2nc(N3CCCCC3CC)[nH]c(=O)c21. The number of anilines is 3. The second kappa shape index (κ2) is 9.42. The van der Waals surface area contributed by atoms with Crippen LogP contribution in [0.5, 0.6) is 5.75 Å². The summed E-state index contributed by atoms with van der Waals surface area (Å²) in [7, 11) is 0. The van der Waals surface area contributed by atoms with Gasteiger partial charge in [-0.3, -0.25) is 19.4 Å². The number of rotatable bonds is 6. The average Bonchev–Trinajstić information content (AvgIpc) is 2.79. The smallest absolute Gasteiger partial charge is 0.258 e. The predicted molar refractivity (Wildman–Crippen MR) is 122 cm³/mol. The number of carbonyl (C=O) groups excluding carboxylic acids is 2. The highest BCUT2D eigenvalue weighted by atomic mass is 16.5. The Labute approximate surface area is 186 Å². The lowest BCUT2D eigenvalue weighted by Crippen LogP contribution is -2.43. The minimum absolute atomic E-state index is 0.124. The van der Waals surface area contributed by atoms with Gasteiger partial charge in [-0.2, -0.15) is 4.98 Å². The molecule has 3 N–H and O–H groups in total. The van der Waals surface area contributed by atoms with Crippen molar-refractivity contribution in [2.75, 3.05) is 28.7 Å². The van der Waals surface area contributed by atoms with E-state index in [0.717, 1.165) is 32.2 Å². The van der Waals surface area contributed by atoms with Crippen molar-refractivity contribution in [2.24, 2.45) is 0 Å². The van der Waals surface area contributed by atoms with Gasteiger partial charge in [-0.1, -0.05) is 19.1 Å². The molecule has 2 unspecified atom stereocenters. The van der Waals surface area contributed by atoms with Gasteiger partial charge in [0.25, 0.3) is 5.56 Å². The summed E-state index contributed by atoms with van der Waals surface area (Å²) in [5.74, 6) is -0.589. The lowest BCUT2D eigenvalue weighted by molar-refractivity contribution is -0.123. The molecular weight excluding hydrogens is 410 g/mol. The van der Waals surface area contributed by atoms with Gasteiger partial charge in [-0.15, -0.1) is 0 Å². The van der Waals surface area contributed by atoms with Crippen LogP contribution in [0.15, 0.2) is 29.1 Å². The number of aromatic amines is 1. The Bertz CT molecular complexity index is 1070. The minimum Gasteiger partial charge on any atom is -0.492 e. The lowest BCUT2D eigenvalue weighted by atomic mass is 9.92. The number of aromatic nitrogens is 2. The Morgan fingerprint density at radius 3 is 2.84 bits per heavy atom. The topological polar surface area (TPSA) is 116 Å². The number of amides is 2. The molecule has 0 spiro atoms. The van der Waals surface area contributed by atoms with E-state index in [1.807, 2.05) is 13.0 Å². The van der Waals surface area contributed by atoms with Gasteiger partial charge in [0.1, 0.15) is 11.6 Å². The molecule has 1 saturated heterocycles. The summed E-state index contributed by atoms with van der Waals surface area (Å²) in [5.41, 5.74) is 0.278. The van der Waals surface area contributed by atoms with Crippen molar-refractivity contribution in [2.45, 2.75) is 57.9 Å². The second-order valence-electron chi connectivity index (χ2n) is 8.13. The van der Waals surface area contributed by atoms with Crippen LogP contribution in [0.25, 0.3) is 0 Å². The van der Waals surface area contributed by atoms with Crippen LogP contribution in [0.3, 0.4) is 0 Å². The van der Waals surface area contributed by atoms with Crippen molar-refractivity contribution in [1.82, 2.24) is 9.97 Å². The molecule has 2 aliphatic rings. The molecule has 1 aromatic heterocycles. The highest BCUT2D eigenvalue weighted by Gasteiger charge is 2.36. The minimum atomic E-state index is -0.943. The van der Waals surface area contributed by atoms with Crippen LogP contribution in [0.2, 0.25) is 0 Å². The highest BCUT2D eigenvalue weighted by molar-refractivity contribution is 6.05. The van der Waals surface area contributed by atoms with E-state index < -0.39 is 17.4 Å². The number of para-hydroxylation sites is 2. The Balaban J connectivity index is 1.65. The normalized spacial score (nSPS) is 20.3. The standard InChI is InChI=1S/C23H29N5O4/c1-3-14-9-7-8-12-28(14)23-26-20-19(22(31)27-23)15(13-18(29)25-20)21(30)24-16-10-5-6-11-17(16)32-4-2/h5-6,10-11,14-15H,3-4,7-9,12-13H2,1-2H3,(H,24,30)(H2,25,26,27,29,31). The molecular formula is C23H29N5O4. The van der Waals surface area contributed by atoms with E-state index in [4.69, 9.17) is 4.74 Å². The van der Waals surface area contributed by atoms with Crippen LogP contribution >= 0.6 is 0 Å². The molecule has 170 valence electrons. The summed E-state index contributed by atoms with van der Waals surface area (Å²) >= 11 is 0. The van der Waals surface area contributed by atoms with Gasteiger partial charge in [0.2, 0.25) is 17.8 Å². The first kappa shape index (κ1) is 21.9. The predicted octanol–water partition coefficient (Wildman–Crippen LogP) is 3.00. The fourth-order valence-electron chi connectivity index (χ4n) is 4.49. The third-order valence-corrected chi connectivity index (χ3v) is 6.07. The van der Waals surface area contributed by atoms with Crippen LogP contribution in [0, 0.1) is 0 Å². The first-order chi connectivity index (χ1) is 15.5. The van der Waals surface area contributed by atoms with Gasteiger partial charge in [0.15, 0.2) is 0 Å². The van der Waals surface area contributed by atoms with Gasteiger partial charge in [0.05, 0.1) is 23.8 Å². The van der Waals surface area contributed by atoms with E-state index in [-0.39, 0.29) is 23.7 Å². The van der Waals surface area contributed by atoms with Crippen LogP contribution in [-0.2, 0) is 9.59 Å². The van der Waals surface area contributed by atoms with Crippen molar-refractivity contribution in [3.63, 3.8) is 0 Å². The quantitative estimate of drug-likeness (QED) is 0.637. The number of H-pyrrole nitrogens is 1. The Kier molecular flexibility index (Phi) is 6.43. The maximum absolute atomic E-state index is 13.1. The summed E-state index contributed by atoms with van der Waals surface area (Å²) in [6.45, 7) is 5.21. The van der Waals surface area contributed by atoms with Crippen LogP contribution in [0.1, 0.15) is 57.4 Å². The highest BCUT2D eigenvalue weighted by Crippen LogP contribution is 2.33. The number of piperidine rings is 1. The van der Waals surface area contributed by atoms with Gasteiger partial charge in [-0.05, 0) is 44.7 Å². The first-order valence-corrected chi connectivity index (χ1v) is 11.2. The molecule has 4 rings (SSSR count). The first-order valence-electron chi connectivity index (χ1n) is 11.2. The fourth-order valence-corrected chi connectivity index (χ4v) is 4.49. The van der Waals surface area contributed by atoms with Gasteiger partial charge in [0, 0.05) is 19.0 Å². The number of fused-ring (bicyclic) bond motifs is 1. The zero-order valence-electron chi connectivity index (χ0n) is 18.4. The van der Waals surface area contributed by atoms with Crippen molar-refractivity contribution in [1.29, 1.82) is 0 Å². The average molecular weight is 440 g/mol. The molecule has 0 radical (unpaired) electrons. The molecule has 1 fully saturated rings. The third kappa shape index (κ3) is 4.32. The van der Waals surface area contributed by atoms with E-state index in [1.165, 1.54) is 0 Å². The van der Waals surface area contributed by atoms with Crippen LogP contribution in [0.4, 0.5) is 17.5 Å². The maximum Gasteiger partial charge on any atom is 0.258 e. The van der Waals surface area contributed by atoms with E-state index in [2.05, 4.69) is 32.4 Å². The van der Waals surface area contributed by atoms with Crippen molar-refractivity contribution < 1.29 is 14.3 Å². The third-order valence-electron chi connectivity index (χ3n) is 6.07. The molecule has 9 nitrogen and oxygen atoms in total. The number of benzene rings is 1. The van der Waals surface area contributed by atoms with Crippen LogP contribution in [-0.4, -0.2) is 41.0 Å². The van der Waals surface area contributed by atoms with E-state index >= 15 is 0 Å². The summed E-state index contributed by atoms with van der Waals surface area (Å²) < 4.78 is 5.56. The molecule has 2 atom stereocenters. The van der Waals surface area contributed by atoms with E-state index in [9.17, 15) is 14.4 Å². The molecule has 0 saturated carbocycles. The monoisotopic (exact) mass is 439 g/mol. The van der Waals surface area contributed by atoms with Crippen LogP contribution < -0.4 is 25.8 Å². The summed E-state index contributed by atoms with van der Waals surface area (Å²) in [4.78, 5) is 48.2. The number of hydrogen-bond acceptors (Lipinski definition) is 6. The molecule has 0 bridgehead atoms. The fraction of sp³-hybridized carbons (Fsp3) is 0.478. The molecule has 1 aromatic carbocycles. The maximum atomic E-state index is 13.1. The second-order valence-corrected chi connectivity index (χ2v) is 8.13. The van der Waals surface area contributed by atoms with E-state index in [0.29, 0.717) is 30.0 Å². The Hall–Kier alpha value is -3.36. The summed E-state index contributed by atoms with van der Waals surface area (Å²) in [6.07, 6.45) is 4.02. The Morgan fingerprint density at radius 2 is 2.06 bits per heavy atom. The number of nitrogens with zero attached hydrogens (tertiary/aromatic N) is 2. The number of carbonyl (C=O) groups is 2. The van der Waals surface area contributed by atoms with Gasteiger partial charge in [-0.25, -0.2) is 0 Å². The molecule has 2 aliphatic heterocycles. The van der Waals surface area contributed by atoms with Crippen molar-refractivity contribution in [3.05, 3.63) is 40.2 Å². The van der Waals surface area contributed by atoms with Gasteiger partial charge >= 0.3 is 0 Å². The lowest BCUT2D eigenvalue weighted by Gasteiger charge is -2.36. The Morgan fingerprint density at radius 1 is 1.25 bits per heavy atom. The molecule has 0 aliphatic carbocycles. The summed E-state index contributed by atoms with van der Waals surface area (Å²) in [5, 5.41) is 5.51. The molecule has 32 heavy (non-hydrogen) atoms. The largest absolute Gasteiger partial charge is 0.492 e. The zero-order chi connectivity index (χ0) is 22.7. The van der Waals surface area contributed by atoms with E-state index in [1.54, 1.807) is 18.2 Å². The van der Waals surface area contributed by atoms with Crippen molar-refractivity contribution in [3.8, 4) is 5.75 Å². The molecule has 9 heteroatoms. The molecule has 2 aromatic rings. The number of ether oxygens (including phenoxy) is 1. The number of hydrogen-bond donors (Lipinski definition) is 3. The zero-order valence-corrected chi connectivity index (χ0v) is 18.4. The molecule has 3 heterocycles.